The van der Waals surface area contributed by atoms with E-state index < -0.39 is 0 Å². The van der Waals surface area contributed by atoms with E-state index in [2.05, 4.69) is 0 Å². The van der Waals surface area contributed by atoms with Gasteiger partial charge in [0.1, 0.15) is 0 Å². The van der Waals surface area contributed by atoms with Crippen LogP contribution in [0.5, 0.6) is 0 Å². The number of hydrogen-bond acceptors (Lipinski definition) is 0. The van der Waals surface area contributed by atoms with E-state index >= 15 is 0 Å². The molecule has 0 rings (SSSR count). The largest absolute Gasteiger partial charge is 0.0654 e. The highest BCUT2D eigenvalue weighted by Crippen LogP contribution is 1.76. The van der Waals surface area contributed by atoms with Crippen LogP contribution in [0.1, 0.15) is 28.0 Å². The van der Waals surface area contributed by atoms with Crippen LogP contribution < -0.4 is 0 Å². The van der Waals surface area contributed by atoms with E-state index in [-0.39, 0.29) is 6.40 Å². The highest BCUT2D eigenvalue weighted by atomic mass is 13.6. The van der Waals surface area contributed by atoms with E-state index in [4.69, 9.17) is 1.37 Å². The summed E-state index contributed by atoms with van der Waals surface area (Å²) in [5.41, 5.74) is 0. The van der Waals surface area contributed by atoms with Gasteiger partial charge in [-0.05, 0) is 0 Å². The van der Waals surface area contributed by atoms with Crippen LogP contribution in [-0.2, 0) is 0 Å². The molecule has 0 heterocycles. The highest BCUT2D eigenvalue weighted by molar-refractivity contribution is 4.12. The standard InChI is InChI=1S/C4H10/c1-3-4-2/h3-4H2,1-2H3/i3D/t3-/m0/s1. The SMILES string of the molecule is [2H][C@@H](C)CC. The van der Waals surface area contributed by atoms with Crippen LogP contribution >= 0.6 is 0 Å². The molecule has 4 heavy (non-hydrogen) atoms. The Morgan fingerprint density at radius 3 is 2.00 bits per heavy atom. The average Bonchev–Trinajstić information content (AvgIpc) is 1.38. The van der Waals surface area contributed by atoms with Gasteiger partial charge in [0, 0.05) is 1.37 Å². The van der Waals surface area contributed by atoms with Crippen LogP contribution in [0.2, 0.25) is 0 Å². The number of hydrogen-bond donors (Lipinski definition) is 0. The van der Waals surface area contributed by atoms with E-state index in [1.54, 1.807) is 0 Å². The Balaban J connectivity index is 2.54. The Labute approximate surface area is 29.2 Å². The van der Waals surface area contributed by atoms with Gasteiger partial charge in [-0.25, -0.2) is 0 Å². The smallest absolute Gasteiger partial charge is 0.0264 e. The summed E-state index contributed by atoms with van der Waals surface area (Å²) in [6, 6.07) is 0. The van der Waals surface area contributed by atoms with Crippen LogP contribution in [-0.4, -0.2) is 0 Å². The summed E-state index contributed by atoms with van der Waals surface area (Å²) in [5, 5.41) is 0. The minimum Gasteiger partial charge on any atom is -0.0654 e. The van der Waals surface area contributed by atoms with E-state index in [9.17, 15) is 0 Å². The van der Waals surface area contributed by atoms with Gasteiger partial charge in [-0.2, -0.15) is 0 Å². The molecule has 26 valence electrons. The molecule has 0 aliphatic rings. The zero-order valence-electron chi connectivity index (χ0n) is 4.28. The van der Waals surface area contributed by atoms with Gasteiger partial charge in [0.25, 0.3) is 0 Å². The molecule has 0 heteroatoms. The van der Waals surface area contributed by atoms with E-state index in [0.29, 0.717) is 0 Å². The predicted molar refractivity (Wildman–Crippen MR) is 20.6 cm³/mol. The summed E-state index contributed by atoms with van der Waals surface area (Å²) in [6.45, 7) is 3.90. The molecule has 0 aromatic heterocycles. The molecule has 0 unspecified atom stereocenters. The van der Waals surface area contributed by atoms with Crippen LogP contribution in [0.4, 0.5) is 0 Å². The monoisotopic (exact) mass is 59.1 g/mol. The van der Waals surface area contributed by atoms with E-state index in [1.807, 2.05) is 13.8 Å². The summed E-state index contributed by atoms with van der Waals surface area (Å²) in [5.74, 6) is 0. The van der Waals surface area contributed by atoms with Gasteiger partial charge >= 0.3 is 0 Å². The molecule has 0 spiro atoms. The second kappa shape index (κ2) is 3.00. The first-order chi connectivity index (χ1) is 2.27. The average molecular weight is 59.1 g/mol. The lowest BCUT2D eigenvalue weighted by molar-refractivity contribution is 0.886. The molecule has 0 bridgehead atoms. The summed E-state index contributed by atoms with van der Waals surface area (Å²) in [4.78, 5) is 0. The van der Waals surface area contributed by atoms with Crippen molar-refractivity contribution >= 4 is 0 Å². The van der Waals surface area contributed by atoms with Crippen molar-refractivity contribution in [3.05, 3.63) is 0 Å². The topological polar surface area (TPSA) is 0 Å². The second-order valence-electron chi connectivity index (χ2n) is 0.816. The minimum atomic E-state index is 0.134. The summed E-state index contributed by atoms with van der Waals surface area (Å²) < 4.78 is 6.83. The van der Waals surface area contributed by atoms with Gasteiger partial charge < -0.3 is 0 Å². The molecular formula is C4H10. The molecular weight excluding hydrogens is 48.0 g/mol. The van der Waals surface area contributed by atoms with Crippen LogP contribution in [0.3, 0.4) is 0 Å². The Kier molecular flexibility index (Phi) is 1.69. The fraction of sp³-hybridized carbons (Fsp3) is 1.00. The first-order valence-electron chi connectivity index (χ1n) is 2.27. The van der Waals surface area contributed by atoms with Crippen LogP contribution in [0.15, 0.2) is 0 Å². The van der Waals surface area contributed by atoms with Crippen molar-refractivity contribution in [2.24, 2.45) is 0 Å². The molecule has 0 aliphatic heterocycles. The van der Waals surface area contributed by atoms with Gasteiger partial charge in [0.15, 0.2) is 0 Å². The maximum Gasteiger partial charge on any atom is 0.0264 e. The van der Waals surface area contributed by atoms with Crippen molar-refractivity contribution in [3.63, 3.8) is 0 Å². The predicted octanol–water partition coefficient (Wildman–Crippen LogP) is 1.81. The maximum absolute atomic E-state index is 6.83. The fourth-order valence-electron chi connectivity index (χ4n) is 0. The van der Waals surface area contributed by atoms with Crippen molar-refractivity contribution in [2.75, 3.05) is 0 Å². The van der Waals surface area contributed by atoms with Crippen LogP contribution in [0.25, 0.3) is 0 Å². The molecule has 0 aliphatic carbocycles. The Morgan fingerprint density at radius 2 is 2.00 bits per heavy atom. The zero-order chi connectivity index (χ0) is 4.28. The van der Waals surface area contributed by atoms with Gasteiger partial charge in [-0.1, -0.05) is 26.7 Å². The molecule has 0 N–H and O–H groups in total. The summed E-state index contributed by atoms with van der Waals surface area (Å²) in [6.07, 6.45) is 1.11. The maximum atomic E-state index is 6.83. The lowest BCUT2D eigenvalue weighted by atomic mass is 10.4. The van der Waals surface area contributed by atoms with Crippen molar-refractivity contribution in [1.29, 1.82) is 0 Å². The molecule has 0 fully saturated rings. The molecule has 0 amide bonds. The highest BCUT2D eigenvalue weighted by Gasteiger charge is 1.56. The first-order valence-corrected chi connectivity index (χ1v) is 1.69. The van der Waals surface area contributed by atoms with Gasteiger partial charge in [0.2, 0.25) is 0 Å². The number of rotatable bonds is 1. The third-order valence-corrected chi connectivity index (χ3v) is 0.408. The molecule has 0 aromatic rings. The van der Waals surface area contributed by atoms with Crippen molar-refractivity contribution in [2.45, 2.75) is 26.7 Å². The lowest BCUT2D eigenvalue weighted by Gasteiger charge is -1.68. The molecule has 0 saturated heterocycles. The molecule has 0 aromatic carbocycles. The quantitative estimate of drug-likeness (QED) is 0.432. The normalized spacial score (nSPS) is 19.0. The molecule has 0 radical (unpaired) electrons. The molecule has 1 atom stereocenters. The van der Waals surface area contributed by atoms with E-state index in [1.165, 1.54) is 0 Å². The summed E-state index contributed by atoms with van der Waals surface area (Å²) >= 11 is 0. The van der Waals surface area contributed by atoms with Crippen molar-refractivity contribution in [1.82, 2.24) is 0 Å². The Morgan fingerprint density at radius 1 is 1.75 bits per heavy atom. The fourth-order valence-corrected chi connectivity index (χ4v) is 0. The zero-order valence-corrected chi connectivity index (χ0v) is 3.28. The van der Waals surface area contributed by atoms with Crippen molar-refractivity contribution in [3.8, 4) is 0 Å². The Bertz CT molecular complexity index is 17.6. The summed E-state index contributed by atoms with van der Waals surface area (Å²) in [7, 11) is 0. The van der Waals surface area contributed by atoms with Gasteiger partial charge in [0.05, 0.1) is 0 Å². The third kappa shape index (κ3) is 2.00. The molecule has 0 nitrogen and oxygen atoms in total. The van der Waals surface area contributed by atoms with Crippen molar-refractivity contribution < 1.29 is 1.37 Å². The molecule has 0 saturated carbocycles. The third-order valence-electron chi connectivity index (χ3n) is 0.408. The van der Waals surface area contributed by atoms with Gasteiger partial charge in [-0.3, -0.25) is 0 Å². The first kappa shape index (κ1) is 2.25. The lowest BCUT2D eigenvalue weighted by Crippen LogP contribution is -1.47. The minimum absolute atomic E-state index is 0.134. The second-order valence-corrected chi connectivity index (χ2v) is 0.816. The Hall–Kier alpha value is 0. The van der Waals surface area contributed by atoms with Crippen LogP contribution in [0, 0.1) is 0 Å². The van der Waals surface area contributed by atoms with E-state index in [0.717, 1.165) is 6.42 Å². The van der Waals surface area contributed by atoms with Gasteiger partial charge in [-0.15, -0.1) is 0 Å².